The quantitative estimate of drug-likeness (QED) is 0.844. The Hall–Kier alpha value is -2.22. The molecule has 0 atom stereocenters. The molecule has 0 unspecified atom stereocenters. The molecule has 17 heavy (non-hydrogen) atoms. The minimum Gasteiger partial charge on any atom is -0.363 e. The van der Waals surface area contributed by atoms with Crippen LogP contribution in [0, 0.1) is 11.3 Å². The highest BCUT2D eigenvalue weighted by Crippen LogP contribution is 2.38. The number of nitriles is 1. The number of nitrogens with zero attached hydrogens (tertiary/aromatic N) is 4. The van der Waals surface area contributed by atoms with Crippen molar-refractivity contribution in [3.05, 3.63) is 24.3 Å². The van der Waals surface area contributed by atoms with Crippen LogP contribution in [0.1, 0.15) is 25.5 Å². The van der Waals surface area contributed by atoms with Gasteiger partial charge >= 0.3 is 0 Å². The number of hydrogen-bond acceptors (Lipinski definition) is 5. The first-order valence-electron chi connectivity index (χ1n) is 5.49. The molecule has 0 amide bonds. The second-order valence-corrected chi connectivity index (χ2v) is 4.61. The maximum Gasteiger partial charge on any atom is 0.154 e. The molecule has 84 valence electrons. The highest BCUT2D eigenvalue weighted by molar-refractivity contribution is 5.88. The van der Waals surface area contributed by atoms with Crippen LogP contribution in [0.5, 0.6) is 0 Å². The van der Waals surface area contributed by atoms with Crippen molar-refractivity contribution in [2.45, 2.75) is 25.3 Å². The zero-order valence-corrected chi connectivity index (χ0v) is 9.44. The standard InChI is InChI=1S/C12H11N5/c1-12(2-3-12)17-11-10-8(6-14-7-15-10)4-9(5-13)16-11/h4,6-7H,2-3H2,1H3,(H,16,17). The molecule has 2 aromatic rings. The smallest absolute Gasteiger partial charge is 0.154 e. The van der Waals surface area contributed by atoms with Gasteiger partial charge in [-0.1, -0.05) is 0 Å². The van der Waals surface area contributed by atoms with E-state index in [1.165, 1.54) is 6.33 Å². The van der Waals surface area contributed by atoms with Crippen molar-refractivity contribution in [1.82, 2.24) is 15.0 Å². The Kier molecular flexibility index (Phi) is 1.99. The van der Waals surface area contributed by atoms with E-state index in [4.69, 9.17) is 5.26 Å². The summed E-state index contributed by atoms with van der Waals surface area (Å²) in [5, 5.41) is 13.2. The summed E-state index contributed by atoms with van der Waals surface area (Å²) in [7, 11) is 0. The fraction of sp³-hybridized carbons (Fsp3) is 0.333. The van der Waals surface area contributed by atoms with Gasteiger partial charge in [0.25, 0.3) is 0 Å². The lowest BCUT2D eigenvalue weighted by atomic mass is 10.2. The van der Waals surface area contributed by atoms with Gasteiger partial charge in [-0.25, -0.2) is 15.0 Å². The second kappa shape index (κ2) is 3.39. The molecular formula is C12H11N5. The summed E-state index contributed by atoms with van der Waals surface area (Å²) >= 11 is 0. The van der Waals surface area contributed by atoms with Crippen molar-refractivity contribution >= 4 is 16.7 Å². The number of rotatable bonds is 2. The third kappa shape index (κ3) is 1.78. The molecule has 0 aromatic carbocycles. The first-order valence-corrected chi connectivity index (χ1v) is 5.49. The van der Waals surface area contributed by atoms with Gasteiger partial charge in [0, 0.05) is 17.1 Å². The van der Waals surface area contributed by atoms with Crippen molar-refractivity contribution in [3.8, 4) is 6.07 Å². The zero-order valence-electron chi connectivity index (χ0n) is 9.44. The minimum absolute atomic E-state index is 0.110. The SMILES string of the molecule is CC1(Nc2nc(C#N)cc3cncnc23)CC1. The van der Waals surface area contributed by atoms with Crippen LogP contribution in [0.4, 0.5) is 5.82 Å². The highest BCUT2D eigenvalue weighted by atomic mass is 15.1. The van der Waals surface area contributed by atoms with E-state index in [0.717, 1.165) is 23.7 Å². The van der Waals surface area contributed by atoms with Gasteiger partial charge in [-0.15, -0.1) is 0 Å². The van der Waals surface area contributed by atoms with Crippen molar-refractivity contribution < 1.29 is 0 Å². The third-order valence-corrected chi connectivity index (χ3v) is 3.02. The van der Waals surface area contributed by atoms with E-state index in [2.05, 4.69) is 33.3 Å². The maximum atomic E-state index is 8.95. The van der Waals surface area contributed by atoms with E-state index in [-0.39, 0.29) is 5.54 Å². The van der Waals surface area contributed by atoms with Crippen LogP contribution in [0.25, 0.3) is 10.9 Å². The van der Waals surface area contributed by atoms with E-state index in [9.17, 15) is 0 Å². The van der Waals surface area contributed by atoms with Gasteiger partial charge in [-0.2, -0.15) is 5.26 Å². The number of hydrogen-bond donors (Lipinski definition) is 1. The average Bonchev–Trinajstić information content (AvgIpc) is 3.06. The van der Waals surface area contributed by atoms with Gasteiger partial charge in [0.05, 0.1) is 0 Å². The Labute approximate surface area is 98.5 Å². The van der Waals surface area contributed by atoms with Crippen LogP contribution < -0.4 is 5.32 Å². The lowest BCUT2D eigenvalue weighted by Crippen LogP contribution is -2.17. The van der Waals surface area contributed by atoms with Crippen LogP contribution >= 0.6 is 0 Å². The number of fused-ring (bicyclic) bond motifs is 1. The number of anilines is 1. The molecule has 1 N–H and O–H groups in total. The van der Waals surface area contributed by atoms with Crippen LogP contribution in [0.15, 0.2) is 18.6 Å². The molecule has 1 fully saturated rings. The molecule has 0 bridgehead atoms. The van der Waals surface area contributed by atoms with E-state index >= 15 is 0 Å². The van der Waals surface area contributed by atoms with Crippen molar-refractivity contribution in [2.24, 2.45) is 0 Å². The van der Waals surface area contributed by atoms with Crippen LogP contribution in [0.3, 0.4) is 0 Å². The molecule has 1 saturated carbocycles. The fourth-order valence-electron chi connectivity index (χ4n) is 1.74. The molecule has 2 heterocycles. The van der Waals surface area contributed by atoms with Crippen molar-refractivity contribution in [2.75, 3.05) is 5.32 Å². The Balaban J connectivity index is 2.17. The highest BCUT2D eigenvalue weighted by Gasteiger charge is 2.38. The summed E-state index contributed by atoms with van der Waals surface area (Å²) in [6.45, 7) is 2.14. The molecule has 1 aliphatic carbocycles. The van der Waals surface area contributed by atoms with Crippen LogP contribution in [-0.4, -0.2) is 20.5 Å². The molecule has 0 spiro atoms. The second-order valence-electron chi connectivity index (χ2n) is 4.61. The molecule has 0 radical (unpaired) electrons. The normalized spacial score (nSPS) is 16.5. The van der Waals surface area contributed by atoms with Crippen molar-refractivity contribution in [1.29, 1.82) is 5.26 Å². The summed E-state index contributed by atoms with van der Waals surface area (Å²) in [4.78, 5) is 12.5. The predicted octanol–water partition coefficient (Wildman–Crippen LogP) is 1.86. The van der Waals surface area contributed by atoms with Crippen LogP contribution in [-0.2, 0) is 0 Å². The predicted molar refractivity (Wildman–Crippen MR) is 63.3 cm³/mol. The van der Waals surface area contributed by atoms with Crippen molar-refractivity contribution in [3.63, 3.8) is 0 Å². The summed E-state index contributed by atoms with van der Waals surface area (Å²) in [6, 6.07) is 3.76. The summed E-state index contributed by atoms with van der Waals surface area (Å²) in [6.07, 6.45) is 5.44. The first-order chi connectivity index (χ1) is 8.20. The number of aromatic nitrogens is 3. The molecular weight excluding hydrogens is 214 g/mol. The Morgan fingerprint density at radius 2 is 2.29 bits per heavy atom. The largest absolute Gasteiger partial charge is 0.363 e. The summed E-state index contributed by atoms with van der Waals surface area (Å²) in [5.41, 5.74) is 1.27. The van der Waals surface area contributed by atoms with Gasteiger partial charge < -0.3 is 5.32 Å². The van der Waals surface area contributed by atoms with E-state index in [1.807, 2.05) is 0 Å². The first kappa shape index (κ1) is 9.97. The summed E-state index contributed by atoms with van der Waals surface area (Å²) < 4.78 is 0. The van der Waals surface area contributed by atoms with Gasteiger partial charge in [0.1, 0.15) is 23.6 Å². The molecule has 0 aliphatic heterocycles. The minimum atomic E-state index is 0.110. The number of nitrogens with one attached hydrogen (secondary N) is 1. The fourth-order valence-corrected chi connectivity index (χ4v) is 1.74. The Morgan fingerprint density at radius 1 is 1.47 bits per heavy atom. The topological polar surface area (TPSA) is 74.5 Å². The average molecular weight is 225 g/mol. The van der Waals surface area contributed by atoms with Crippen LogP contribution in [0.2, 0.25) is 0 Å². The molecule has 1 aliphatic rings. The van der Waals surface area contributed by atoms with Gasteiger partial charge in [-0.3, -0.25) is 0 Å². The van der Waals surface area contributed by atoms with Gasteiger partial charge in [0.15, 0.2) is 5.82 Å². The van der Waals surface area contributed by atoms with E-state index in [1.54, 1.807) is 12.3 Å². The molecule has 5 nitrogen and oxygen atoms in total. The lowest BCUT2D eigenvalue weighted by molar-refractivity contribution is 0.822. The zero-order chi connectivity index (χ0) is 11.9. The van der Waals surface area contributed by atoms with Gasteiger partial charge in [0.2, 0.25) is 0 Å². The molecule has 3 rings (SSSR count). The number of pyridine rings is 1. The van der Waals surface area contributed by atoms with E-state index < -0.39 is 0 Å². The van der Waals surface area contributed by atoms with Gasteiger partial charge in [-0.05, 0) is 25.8 Å². The Bertz CT molecular complexity index is 624. The summed E-state index contributed by atoms with van der Waals surface area (Å²) in [5.74, 6) is 0.682. The molecule has 2 aromatic heterocycles. The molecule has 5 heteroatoms. The lowest BCUT2D eigenvalue weighted by Gasteiger charge is -2.13. The monoisotopic (exact) mass is 225 g/mol. The Morgan fingerprint density at radius 3 is 3.00 bits per heavy atom. The van der Waals surface area contributed by atoms with E-state index in [0.29, 0.717) is 11.5 Å². The third-order valence-electron chi connectivity index (χ3n) is 3.02. The molecule has 0 saturated heterocycles. The maximum absolute atomic E-state index is 8.95.